The number of aromatic nitrogens is 1. The van der Waals surface area contributed by atoms with E-state index in [0.29, 0.717) is 30.2 Å². The Morgan fingerprint density at radius 3 is 3.04 bits per heavy atom. The maximum Gasteiger partial charge on any atom is 0.295 e. The van der Waals surface area contributed by atoms with Gasteiger partial charge in [0.15, 0.2) is 5.58 Å². The first kappa shape index (κ1) is 16.4. The molecule has 1 amide bonds. The van der Waals surface area contributed by atoms with Crippen molar-refractivity contribution in [2.45, 2.75) is 18.9 Å². The van der Waals surface area contributed by atoms with E-state index in [9.17, 15) is 9.90 Å². The first-order valence-electron chi connectivity index (χ1n) is 8.50. The van der Waals surface area contributed by atoms with Crippen LogP contribution in [-0.4, -0.2) is 35.3 Å². The third-order valence-electron chi connectivity index (χ3n) is 4.20. The monoisotopic (exact) mass is 353 g/mol. The molecule has 3 aromatic rings. The summed E-state index contributed by atoms with van der Waals surface area (Å²) < 4.78 is 11.2. The van der Waals surface area contributed by atoms with Gasteiger partial charge in [-0.15, -0.1) is 0 Å². The summed E-state index contributed by atoms with van der Waals surface area (Å²) >= 11 is 0. The third-order valence-corrected chi connectivity index (χ3v) is 4.20. The molecule has 3 N–H and O–H groups in total. The van der Waals surface area contributed by atoms with Gasteiger partial charge in [-0.1, -0.05) is 12.1 Å². The van der Waals surface area contributed by atoms with Crippen molar-refractivity contribution in [3.05, 3.63) is 48.0 Å². The summed E-state index contributed by atoms with van der Waals surface area (Å²) in [5.74, 6) is 0.702. The Morgan fingerprint density at radius 2 is 2.15 bits per heavy atom. The van der Waals surface area contributed by atoms with Gasteiger partial charge in [-0.25, -0.2) is 0 Å². The Morgan fingerprint density at radius 1 is 1.27 bits per heavy atom. The van der Waals surface area contributed by atoms with Crippen molar-refractivity contribution < 1.29 is 19.1 Å². The van der Waals surface area contributed by atoms with Crippen LogP contribution < -0.4 is 15.4 Å². The van der Waals surface area contributed by atoms with E-state index >= 15 is 0 Å². The smallest absolute Gasteiger partial charge is 0.295 e. The number of aliphatic hydroxyl groups excluding tert-OH is 1. The molecule has 0 fully saturated rings. The fourth-order valence-electron chi connectivity index (χ4n) is 2.85. The van der Waals surface area contributed by atoms with Gasteiger partial charge in [0.25, 0.3) is 6.01 Å². The summed E-state index contributed by atoms with van der Waals surface area (Å²) in [6, 6.07) is 13.3. The number of benzene rings is 2. The molecule has 4 rings (SSSR count). The summed E-state index contributed by atoms with van der Waals surface area (Å²) in [6.45, 7) is 0.395. The normalized spacial score (nSPS) is 14.6. The molecule has 0 aliphatic carbocycles. The first-order chi connectivity index (χ1) is 12.7. The van der Waals surface area contributed by atoms with E-state index in [4.69, 9.17) is 9.15 Å². The number of ether oxygens (including phenoxy) is 1. The molecule has 7 heteroatoms. The van der Waals surface area contributed by atoms with Crippen LogP contribution in [0, 0.1) is 0 Å². The summed E-state index contributed by atoms with van der Waals surface area (Å²) in [7, 11) is 0. The van der Waals surface area contributed by atoms with Gasteiger partial charge in [-0.3, -0.25) is 4.79 Å². The molecule has 26 heavy (non-hydrogen) atoms. The number of fused-ring (bicyclic) bond motifs is 2. The molecular formula is C19H19N3O4. The van der Waals surface area contributed by atoms with E-state index in [-0.39, 0.29) is 19.1 Å². The highest BCUT2D eigenvalue weighted by Crippen LogP contribution is 2.26. The number of aryl methyl sites for hydroxylation is 1. The van der Waals surface area contributed by atoms with Crippen LogP contribution in [0.5, 0.6) is 5.75 Å². The van der Waals surface area contributed by atoms with Crippen molar-refractivity contribution >= 4 is 28.7 Å². The van der Waals surface area contributed by atoms with E-state index in [1.165, 1.54) is 0 Å². The van der Waals surface area contributed by atoms with Crippen molar-refractivity contribution in [3.63, 3.8) is 0 Å². The Kier molecular flexibility index (Phi) is 4.45. The van der Waals surface area contributed by atoms with Crippen LogP contribution in [0.3, 0.4) is 0 Å². The number of nitrogens with zero attached hydrogens (tertiary/aromatic N) is 1. The molecule has 0 radical (unpaired) electrons. The Labute approximate surface area is 150 Å². The van der Waals surface area contributed by atoms with Gasteiger partial charge < -0.3 is 24.9 Å². The lowest BCUT2D eigenvalue weighted by Gasteiger charge is -2.18. The van der Waals surface area contributed by atoms with Gasteiger partial charge >= 0.3 is 0 Å². The molecule has 0 unspecified atom stereocenters. The minimum atomic E-state index is -0.722. The average Bonchev–Trinajstić information content (AvgIpc) is 3.07. The van der Waals surface area contributed by atoms with Gasteiger partial charge in [-0.05, 0) is 42.3 Å². The summed E-state index contributed by atoms with van der Waals surface area (Å²) in [4.78, 5) is 15.7. The van der Waals surface area contributed by atoms with Crippen LogP contribution in [-0.2, 0) is 11.2 Å². The number of carbonyl (C=O) groups excluding carboxylic acids is 1. The maximum atomic E-state index is 11.4. The van der Waals surface area contributed by atoms with E-state index in [0.717, 1.165) is 16.8 Å². The van der Waals surface area contributed by atoms with Crippen molar-refractivity contribution in [1.29, 1.82) is 0 Å². The Bertz CT molecular complexity index is 904. The van der Waals surface area contributed by atoms with E-state index in [2.05, 4.69) is 15.6 Å². The number of anilines is 2. The SMILES string of the molecule is O=C1CCc2cc(OC[C@H](O)CNc3nc4ccccc4o3)ccc2N1. The van der Waals surface area contributed by atoms with Crippen LogP contribution in [0.25, 0.3) is 11.1 Å². The van der Waals surface area contributed by atoms with Gasteiger partial charge in [0.1, 0.15) is 24.0 Å². The fourth-order valence-corrected chi connectivity index (χ4v) is 2.85. The molecule has 1 aliphatic rings. The van der Waals surface area contributed by atoms with Gasteiger partial charge in [0.05, 0.1) is 0 Å². The molecule has 1 atom stereocenters. The summed E-state index contributed by atoms with van der Waals surface area (Å²) in [5, 5.41) is 15.9. The maximum absolute atomic E-state index is 11.4. The molecule has 134 valence electrons. The minimum absolute atomic E-state index is 0.0341. The van der Waals surface area contributed by atoms with Crippen molar-refractivity contribution in [2.24, 2.45) is 0 Å². The number of nitrogens with one attached hydrogen (secondary N) is 2. The molecule has 2 aromatic carbocycles. The van der Waals surface area contributed by atoms with Gasteiger partial charge in [0, 0.05) is 18.7 Å². The number of aliphatic hydroxyl groups is 1. The summed E-state index contributed by atoms with van der Waals surface area (Å²) in [5.41, 5.74) is 3.33. The molecule has 0 spiro atoms. The van der Waals surface area contributed by atoms with Gasteiger partial charge in [0.2, 0.25) is 5.91 Å². The summed E-state index contributed by atoms with van der Waals surface area (Å²) in [6.07, 6.45) is 0.453. The van der Waals surface area contributed by atoms with E-state index in [1.54, 1.807) is 6.07 Å². The lowest BCUT2D eigenvalue weighted by Crippen LogP contribution is -2.26. The predicted molar refractivity (Wildman–Crippen MR) is 97.4 cm³/mol. The standard InChI is InChI=1S/C19H19N3O4/c23-13(10-20-19-22-16-3-1-2-4-17(16)26-19)11-25-14-6-7-15-12(9-14)5-8-18(24)21-15/h1-4,6-7,9,13,23H,5,8,10-11H2,(H,20,22)(H,21,24)/t13-/m1/s1. The van der Waals surface area contributed by atoms with Crippen LogP contribution in [0.2, 0.25) is 0 Å². The van der Waals surface area contributed by atoms with E-state index in [1.807, 2.05) is 36.4 Å². The van der Waals surface area contributed by atoms with Crippen molar-refractivity contribution in [2.75, 3.05) is 23.8 Å². The van der Waals surface area contributed by atoms with Crippen LogP contribution in [0.4, 0.5) is 11.7 Å². The molecule has 0 saturated carbocycles. The molecular weight excluding hydrogens is 334 g/mol. The second kappa shape index (κ2) is 7.05. The van der Waals surface area contributed by atoms with Gasteiger partial charge in [-0.2, -0.15) is 4.98 Å². The highest BCUT2D eigenvalue weighted by molar-refractivity contribution is 5.94. The average molecular weight is 353 g/mol. The Balaban J connectivity index is 1.30. The van der Waals surface area contributed by atoms with Crippen molar-refractivity contribution in [1.82, 2.24) is 4.98 Å². The topological polar surface area (TPSA) is 96.6 Å². The minimum Gasteiger partial charge on any atom is -0.491 e. The third kappa shape index (κ3) is 3.62. The lowest BCUT2D eigenvalue weighted by atomic mass is 10.0. The number of amides is 1. The largest absolute Gasteiger partial charge is 0.491 e. The Hall–Kier alpha value is -3.06. The predicted octanol–water partition coefficient (Wildman–Crippen LogP) is 2.56. The highest BCUT2D eigenvalue weighted by Gasteiger charge is 2.15. The molecule has 7 nitrogen and oxygen atoms in total. The van der Waals surface area contributed by atoms with Crippen LogP contribution >= 0.6 is 0 Å². The number of rotatable bonds is 6. The lowest BCUT2D eigenvalue weighted by molar-refractivity contribution is -0.116. The number of carbonyl (C=O) groups is 1. The zero-order valence-electron chi connectivity index (χ0n) is 14.1. The number of oxazole rings is 1. The quantitative estimate of drug-likeness (QED) is 0.630. The second-order valence-electron chi connectivity index (χ2n) is 6.20. The highest BCUT2D eigenvalue weighted by atomic mass is 16.5. The zero-order chi connectivity index (χ0) is 17.9. The molecule has 0 saturated heterocycles. The molecule has 0 bridgehead atoms. The first-order valence-corrected chi connectivity index (χ1v) is 8.50. The molecule has 1 aliphatic heterocycles. The fraction of sp³-hybridized carbons (Fsp3) is 0.263. The second-order valence-corrected chi connectivity index (χ2v) is 6.20. The molecule has 1 aromatic heterocycles. The zero-order valence-corrected chi connectivity index (χ0v) is 14.1. The molecule has 2 heterocycles. The number of hydrogen-bond donors (Lipinski definition) is 3. The number of hydrogen-bond acceptors (Lipinski definition) is 6. The van der Waals surface area contributed by atoms with Crippen molar-refractivity contribution in [3.8, 4) is 5.75 Å². The van der Waals surface area contributed by atoms with Crippen LogP contribution in [0.1, 0.15) is 12.0 Å². The van der Waals surface area contributed by atoms with Crippen LogP contribution in [0.15, 0.2) is 46.9 Å². The number of para-hydroxylation sites is 2. The van der Waals surface area contributed by atoms with E-state index < -0.39 is 6.10 Å².